The van der Waals surface area contributed by atoms with Gasteiger partial charge in [-0.1, -0.05) is 6.07 Å². The Labute approximate surface area is 132 Å². The summed E-state index contributed by atoms with van der Waals surface area (Å²) in [6, 6.07) is 9.76. The molecule has 2 aromatic rings. The first-order valence-corrected chi connectivity index (χ1v) is 6.94. The molecule has 0 radical (unpaired) electrons. The number of carbonyl (C=O) groups excluding carboxylic acids is 2. The number of anilines is 1. The van der Waals surface area contributed by atoms with Gasteiger partial charge < -0.3 is 15.2 Å². The van der Waals surface area contributed by atoms with Crippen molar-refractivity contribution in [2.75, 3.05) is 5.32 Å². The van der Waals surface area contributed by atoms with E-state index in [2.05, 4.69) is 5.32 Å². The summed E-state index contributed by atoms with van der Waals surface area (Å²) >= 11 is 0. The van der Waals surface area contributed by atoms with Gasteiger partial charge in [0.25, 0.3) is 5.91 Å². The molecule has 0 heterocycles. The minimum atomic E-state index is -1.05. The van der Waals surface area contributed by atoms with Crippen molar-refractivity contribution in [1.82, 2.24) is 0 Å². The smallest absolute Gasteiger partial charge is 0.338 e. The van der Waals surface area contributed by atoms with Crippen molar-refractivity contribution >= 4 is 17.6 Å². The van der Waals surface area contributed by atoms with E-state index in [0.29, 0.717) is 5.56 Å². The number of benzene rings is 2. The van der Waals surface area contributed by atoms with Gasteiger partial charge in [0.05, 0.1) is 5.56 Å². The van der Waals surface area contributed by atoms with Crippen molar-refractivity contribution in [1.29, 1.82) is 0 Å². The van der Waals surface area contributed by atoms with Gasteiger partial charge in [0.15, 0.2) is 6.10 Å². The maximum atomic E-state index is 13.4. The second-order valence-corrected chi connectivity index (χ2v) is 5.05. The fourth-order valence-electron chi connectivity index (χ4n) is 1.79. The van der Waals surface area contributed by atoms with Crippen LogP contribution in [0.25, 0.3) is 0 Å². The van der Waals surface area contributed by atoms with Crippen molar-refractivity contribution in [3.05, 3.63) is 59.4 Å². The molecular weight excluding hydrogens is 301 g/mol. The van der Waals surface area contributed by atoms with Crippen LogP contribution in [0, 0.1) is 12.7 Å². The van der Waals surface area contributed by atoms with E-state index >= 15 is 0 Å². The molecule has 0 spiro atoms. The summed E-state index contributed by atoms with van der Waals surface area (Å²) in [6.07, 6.45) is -1.05. The summed E-state index contributed by atoms with van der Waals surface area (Å²) in [5.74, 6) is -1.67. The molecule has 0 saturated heterocycles. The molecule has 0 bridgehead atoms. The average Bonchev–Trinajstić information content (AvgIpc) is 2.51. The van der Waals surface area contributed by atoms with Crippen LogP contribution in [-0.2, 0) is 9.53 Å². The molecular formula is C17H16FNO4. The molecule has 0 saturated carbocycles. The molecule has 1 atom stereocenters. The number of ether oxygens (including phenoxy) is 1. The third-order valence-electron chi connectivity index (χ3n) is 3.20. The van der Waals surface area contributed by atoms with Crippen LogP contribution in [0.1, 0.15) is 22.8 Å². The maximum absolute atomic E-state index is 13.4. The lowest BCUT2D eigenvalue weighted by molar-refractivity contribution is -0.123. The normalized spacial score (nSPS) is 11.6. The second kappa shape index (κ2) is 6.91. The summed E-state index contributed by atoms with van der Waals surface area (Å²) < 4.78 is 18.5. The van der Waals surface area contributed by atoms with Crippen LogP contribution >= 0.6 is 0 Å². The number of phenolic OH excluding ortho intramolecular Hbond substituents is 1. The predicted octanol–water partition coefficient (Wildman–Crippen LogP) is 3.02. The number of hydrogen-bond acceptors (Lipinski definition) is 4. The van der Waals surface area contributed by atoms with Crippen LogP contribution < -0.4 is 5.32 Å². The number of rotatable bonds is 4. The second-order valence-electron chi connectivity index (χ2n) is 5.05. The van der Waals surface area contributed by atoms with Gasteiger partial charge >= 0.3 is 5.97 Å². The number of aromatic hydroxyl groups is 1. The molecule has 2 N–H and O–H groups in total. The largest absolute Gasteiger partial charge is 0.508 e. The van der Waals surface area contributed by atoms with Crippen LogP contribution in [0.3, 0.4) is 0 Å². The Hall–Kier alpha value is -2.89. The number of aryl methyl sites for hydroxylation is 1. The van der Waals surface area contributed by atoms with Crippen molar-refractivity contribution in [2.45, 2.75) is 20.0 Å². The van der Waals surface area contributed by atoms with Gasteiger partial charge in [-0.15, -0.1) is 0 Å². The Kier molecular flexibility index (Phi) is 4.95. The Morgan fingerprint density at radius 2 is 1.83 bits per heavy atom. The molecule has 1 amide bonds. The number of halogens is 1. The lowest BCUT2D eigenvalue weighted by Crippen LogP contribution is -2.30. The lowest BCUT2D eigenvalue weighted by Gasteiger charge is -2.14. The number of nitrogens with one attached hydrogen (secondary N) is 1. The van der Waals surface area contributed by atoms with Crippen LogP contribution in [0.5, 0.6) is 5.75 Å². The monoisotopic (exact) mass is 317 g/mol. The summed E-state index contributed by atoms with van der Waals surface area (Å²) in [6.45, 7) is 3.03. The van der Waals surface area contributed by atoms with Crippen LogP contribution in [-0.4, -0.2) is 23.1 Å². The highest BCUT2D eigenvalue weighted by Gasteiger charge is 2.19. The van der Waals surface area contributed by atoms with Gasteiger partial charge in [0, 0.05) is 5.69 Å². The maximum Gasteiger partial charge on any atom is 0.338 e. The molecule has 0 aliphatic heterocycles. The summed E-state index contributed by atoms with van der Waals surface area (Å²) in [5, 5.41) is 11.6. The zero-order chi connectivity index (χ0) is 17.0. The van der Waals surface area contributed by atoms with Crippen LogP contribution in [0.4, 0.5) is 10.1 Å². The van der Waals surface area contributed by atoms with E-state index in [4.69, 9.17) is 9.84 Å². The summed E-state index contributed by atoms with van der Waals surface area (Å²) in [5.41, 5.74) is 0.962. The Morgan fingerprint density at radius 1 is 1.17 bits per heavy atom. The number of phenols is 1. The third kappa shape index (κ3) is 4.29. The van der Waals surface area contributed by atoms with E-state index < -0.39 is 23.8 Å². The highest BCUT2D eigenvalue weighted by Crippen LogP contribution is 2.15. The molecule has 0 aliphatic rings. The molecule has 120 valence electrons. The van der Waals surface area contributed by atoms with Gasteiger partial charge in [-0.3, -0.25) is 4.79 Å². The van der Waals surface area contributed by atoms with E-state index in [1.807, 2.05) is 0 Å². The zero-order valence-corrected chi connectivity index (χ0v) is 12.7. The first-order valence-electron chi connectivity index (χ1n) is 6.94. The van der Waals surface area contributed by atoms with E-state index in [9.17, 15) is 14.0 Å². The van der Waals surface area contributed by atoms with Crippen LogP contribution in [0.15, 0.2) is 42.5 Å². The van der Waals surface area contributed by atoms with Gasteiger partial charge in [-0.2, -0.15) is 0 Å². The number of hydrogen-bond donors (Lipinski definition) is 2. The molecule has 0 fully saturated rings. The van der Waals surface area contributed by atoms with E-state index in [0.717, 1.165) is 0 Å². The Bertz CT molecular complexity index is 728. The summed E-state index contributed by atoms with van der Waals surface area (Å²) in [4.78, 5) is 23.9. The van der Waals surface area contributed by atoms with Gasteiger partial charge in [-0.25, -0.2) is 9.18 Å². The molecule has 0 aliphatic carbocycles. The van der Waals surface area contributed by atoms with Gasteiger partial charge in [0.1, 0.15) is 11.6 Å². The molecule has 1 unspecified atom stereocenters. The summed E-state index contributed by atoms with van der Waals surface area (Å²) in [7, 11) is 0. The topological polar surface area (TPSA) is 75.6 Å². The van der Waals surface area contributed by atoms with Gasteiger partial charge in [0.2, 0.25) is 0 Å². The minimum Gasteiger partial charge on any atom is -0.508 e. The van der Waals surface area contributed by atoms with Crippen molar-refractivity contribution in [3.8, 4) is 5.75 Å². The quantitative estimate of drug-likeness (QED) is 0.850. The first-order chi connectivity index (χ1) is 10.9. The minimum absolute atomic E-state index is 0.0220. The third-order valence-corrected chi connectivity index (χ3v) is 3.20. The Balaban J connectivity index is 1.97. The fraction of sp³-hybridized carbons (Fsp3) is 0.176. The molecule has 23 heavy (non-hydrogen) atoms. The fourth-order valence-corrected chi connectivity index (χ4v) is 1.79. The van der Waals surface area contributed by atoms with Crippen molar-refractivity contribution in [3.63, 3.8) is 0 Å². The van der Waals surface area contributed by atoms with Crippen LogP contribution in [0.2, 0.25) is 0 Å². The van der Waals surface area contributed by atoms with Crippen molar-refractivity contribution in [2.24, 2.45) is 0 Å². The number of carbonyl (C=O) groups is 2. The highest BCUT2D eigenvalue weighted by atomic mass is 19.1. The molecule has 2 rings (SSSR count). The number of amides is 1. The molecule has 6 heteroatoms. The van der Waals surface area contributed by atoms with E-state index in [1.54, 1.807) is 13.0 Å². The van der Waals surface area contributed by atoms with E-state index in [1.165, 1.54) is 43.3 Å². The van der Waals surface area contributed by atoms with Crippen molar-refractivity contribution < 1.29 is 23.8 Å². The lowest BCUT2D eigenvalue weighted by atomic mass is 10.2. The number of esters is 1. The van der Waals surface area contributed by atoms with E-state index in [-0.39, 0.29) is 17.0 Å². The standard InChI is InChI=1S/C17H16FNO4/c1-10-3-6-13(9-15(10)18)19-16(21)11(2)23-17(22)12-4-7-14(20)8-5-12/h3-9,11,20H,1-2H3,(H,19,21). The zero-order valence-electron chi connectivity index (χ0n) is 12.7. The molecule has 0 aromatic heterocycles. The first kappa shape index (κ1) is 16.5. The Morgan fingerprint density at radius 3 is 2.43 bits per heavy atom. The predicted molar refractivity (Wildman–Crippen MR) is 82.8 cm³/mol. The average molecular weight is 317 g/mol. The van der Waals surface area contributed by atoms with Gasteiger partial charge in [-0.05, 0) is 55.8 Å². The molecule has 5 nitrogen and oxygen atoms in total. The highest BCUT2D eigenvalue weighted by molar-refractivity contribution is 5.97. The molecule has 2 aromatic carbocycles. The SMILES string of the molecule is Cc1ccc(NC(=O)C(C)OC(=O)c2ccc(O)cc2)cc1F.